The van der Waals surface area contributed by atoms with Gasteiger partial charge in [-0.15, -0.1) is 22.7 Å². The SMILES string of the molecule is CCOC(=O)c1c(-c2cccs2)csc1NC(=O)COC(=O)CN(C)c1ncccn1. The lowest BCUT2D eigenvalue weighted by molar-refractivity contribution is -0.145. The highest BCUT2D eigenvalue weighted by Gasteiger charge is 2.23. The molecule has 0 atom stereocenters. The summed E-state index contributed by atoms with van der Waals surface area (Å²) in [6.45, 7) is 1.32. The Kier molecular flexibility index (Phi) is 7.68. The Hall–Kier alpha value is -3.31. The third-order valence-electron chi connectivity index (χ3n) is 3.93. The van der Waals surface area contributed by atoms with E-state index in [0.29, 0.717) is 16.5 Å². The first-order valence-electron chi connectivity index (χ1n) is 9.25. The van der Waals surface area contributed by atoms with Crippen LogP contribution in [-0.2, 0) is 19.1 Å². The zero-order valence-electron chi connectivity index (χ0n) is 16.9. The normalized spacial score (nSPS) is 10.4. The van der Waals surface area contributed by atoms with Crippen LogP contribution in [0.25, 0.3) is 10.4 Å². The molecule has 1 N–H and O–H groups in total. The molecule has 0 unspecified atom stereocenters. The number of likely N-dealkylation sites (N-methyl/N-ethyl adjacent to an activating group) is 1. The Morgan fingerprint density at radius 3 is 2.58 bits per heavy atom. The van der Waals surface area contributed by atoms with Gasteiger partial charge in [0.05, 0.1) is 6.61 Å². The lowest BCUT2D eigenvalue weighted by Gasteiger charge is -2.15. The van der Waals surface area contributed by atoms with Crippen molar-refractivity contribution < 1.29 is 23.9 Å². The summed E-state index contributed by atoms with van der Waals surface area (Å²) in [5.74, 6) is -1.33. The molecule has 0 aliphatic carbocycles. The van der Waals surface area contributed by atoms with Crippen LogP contribution in [0.1, 0.15) is 17.3 Å². The molecule has 0 fully saturated rings. The molecular formula is C20H20N4O5S2. The molecule has 0 saturated carbocycles. The van der Waals surface area contributed by atoms with Gasteiger partial charge in [0.2, 0.25) is 5.95 Å². The zero-order chi connectivity index (χ0) is 22.2. The van der Waals surface area contributed by atoms with Crippen LogP contribution in [0.2, 0.25) is 0 Å². The molecule has 0 aromatic carbocycles. The summed E-state index contributed by atoms with van der Waals surface area (Å²) in [6, 6.07) is 5.43. The van der Waals surface area contributed by atoms with Crippen LogP contribution in [0.5, 0.6) is 0 Å². The standard InChI is InChI=1S/C20H20N4O5S2/c1-3-28-19(27)17-13(14-6-4-9-30-14)12-31-18(17)23-15(25)11-29-16(26)10-24(2)20-21-7-5-8-22-20/h4-9,12H,3,10-11H2,1-2H3,(H,23,25). The van der Waals surface area contributed by atoms with E-state index in [1.54, 1.807) is 37.8 Å². The van der Waals surface area contributed by atoms with Crippen LogP contribution < -0.4 is 10.2 Å². The van der Waals surface area contributed by atoms with Crippen molar-refractivity contribution in [2.45, 2.75) is 6.92 Å². The van der Waals surface area contributed by atoms with Gasteiger partial charge < -0.3 is 19.7 Å². The van der Waals surface area contributed by atoms with Gasteiger partial charge in [0.25, 0.3) is 5.91 Å². The monoisotopic (exact) mass is 460 g/mol. The molecule has 0 spiro atoms. The molecule has 0 saturated heterocycles. The Bertz CT molecular complexity index is 1040. The summed E-state index contributed by atoms with van der Waals surface area (Å²) in [5, 5.41) is 6.67. The van der Waals surface area contributed by atoms with Crippen LogP contribution in [0.15, 0.2) is 41.4 Å². The molecule has 3 aromatic rings. The minimum Gasteiger partial charge on any atom is -0.462 e. The van der Waals surface area contributed by atoms with Crippen LogP contribution in [-0.4, -0.2) is 54.6 Å². The Morgan fingerprint density at radius 2 is 1.90 bits per heavy atom. The largest absolute Gasteiger partial charge is 0.462 e. The minimum atomic E-state index is -0.610. The number of hydrogen-bond acceptors (Lipinski definition) is 10. The maximum absolute atomic E-state index is 12.5. The van der Waals surface area contributed by atoms with Crippen molar-refractivity contribution in [2.75, 3.05) is 37.0 Å². The molecule has 0 radical (unpaired) electrons. The number of thiophene rings is 2. The van der Waals surface area contributed by atoms with Crippen molar-refractivity contribution in [3.8, 4) is 10.4 Å². The quantitative estimate of drug-likeness (QED) is 0.485. The smallest absolute Gasteiger partial charge is 0.341 e. The third-order valence-corrected chi connectivity index (χ3v) is 5.73. The fourth-order valence-electron chi connectivity index (χ4n) is 2.58. The van der Waals surface area contributed by atoms with Crippen molar-refractivity contribution in [3.05, 3.63) is 46.9 Å². The predicted molar refractivity (Wildman–Crippen MR) is 118 cm³/mol. The molecule has 0 aliphatic rings. The second-order valence-electron chi connectivity index (χ2n) is 6.16. The molecule has 3 aromatic heterocycles. The van der Waals surface area contributed by atoms with E-state index >= 15 is 0 Å². The van der Waals surface area contributed by atoms with E-state index < -0.39 is 24.5 Å². The number of aromatic nitrogens is 2. The summed E-state index contributed by atoms with van der Waals surface area (Å²) in [7, 11) is 1.64. The van der Waals surface area contributed by atoms with E-state index in [2.05, 4.69) is 15.3 Å². The average molecular weight is 461 g/mol. The second-order valence-corrected chi connectivity index (χ2v) is 7.99. The first kappa shape index (κ1) is 22.4. The van der Waals surface area contributed by atoms with Crippen LogP contribution in [0, 0.1) is 0 Å². The molecule has 0 bridgehead atoms. The first-order valence-corrected chi connectivity index (χ1v) is 11.0. The number of nitrogens with zero attached hydrogens (tertiary/aromatic N) is 3. The predicted octanol–water partition coefficient (Wildman–Crippen LogP) is 3.06. The first-order chi connectivity index (χ1) is 15.0. The van der Waals surface area contributed by atoms with E-state index in [0.717, 1.165) is 4.88 Å². The molecule has 3 heterocycles. The summed E-state index contributed by atoms with van der Waals surface area (Å²) >= 11 is 2.69. The Morgan fingerprint density at radius 1 is 1.13 bits per heavy atom. The number of rotatable bonds is 9. The van der Waals surface area contributed by atoms with Crippen LogP contribution in [0.3, 0.4) is 0 Å². The Labute approximate surface area is 186 Å². The summed E-state index contributed by atoms with van der Waals surface area (Å²) in [5.41, 5.74) is 0.977. The second kappa shape index (κ2) is 10.6. The van der Waals surface area contributed by atoms with Gasteiger partial charge in [0.1, 0.15) is 17.1 Å². The van der Waals surface area contributed by atoms with Gasteiger partial charge in [0, 0.05) is 35.3 Å². The number of nitrogens with one attached hydrogen (secondary N) is 1. The summed E-state index contributed by atoms with van der Waals surface area (Å²) in [6.07, 6.45) is 3.12. The molecule has 31 heavy (non-hydrogen) atoms. The van der Waals surface area contributed by atoms with Crippen molar-refractivity contribution >= 4 is 51.5 Å². The molecule has 11 heteroatoms. The summed E-state index contributed by atoms with van der Waals surface area (Å²) in [4.78, 5) is 47.3. The van der Waals surface area contributed by atoms with Gasteiger partial charge in [-0.2, -0.15) is 0 Å². The molecule has 162 valence electrons. The van der Waals surface area contributed by atoms with Gasteiger partial charge in [-0.25, -0.2) is 14.8 Å². The molecule has 0 aliphatic heterocycles. The van der Waals surface area contributed by atoms with Crippen molar-refractivity contribution in [1.29, 1.82) is 0 Å². The number of carbonyl (C=O) groups excluding carboxylic acids is 3. The van der Waals surface area contributed by atoms with Crippen LogP contribution >= 0.6 is 22.7 Å². The number of amides is 1. The lowest BCUT2D eigenvalue weighted by atomic mass is 10.1. The van der Waals surface area contributed by atoms with E-state index in [1.165, 1.54) is 27.6 Å². The topological polar surface area (TPSA) is 111 Å². The molecule has 3 rings (SSSR count). The highest BCUT2D eigenvalue weighted by Crippen LogP contribution is 2.38. The maximum Gasteiger partial charge on any atom is 0.341 e. The number of ether oxygens (including phenoxy) is 2. The Balaban J connectivity index is 1.61. The number of anilines is 2. The highest BCUT2D eigenvalue weighted by molar-refractivity contribution is 7.17. The lowest BCUT2D eigenvalue weighted by Crippen LogP contribution is -2.30. The van der Waals surface area contributed by atoms with Gasteiger partial charge >= 0.3 is 11.9 Å². The number of esters is 2. The molecular weight excluding hydrogens is 440 g/mol. The van der Waals surface area contributed by atoms with Gasteiger partial charge in [-0.3, -0.25) is 9.59 Å². The molecule has 1 amide bonds. The molecule has 9 nitrogen and oxygen atoms in total. The van der Waals surface area contributed by atoms with Gasteiger partial charge in [-0.05, 0) is 24.4 Å². The highest BCUT2D eigenvalue weighted by atomic mass is 32.1. The van der Waals surface area contributed by atoms with E-state index in [9.17, 15) is 14.4 Å². The van der Waals surface area contributed by atoms with Gasteiger partial charge in [-0.1, -0.05) is 6.07 Å². The van der Waals surface area contributed by atoms with E-state index in [-0.39, 0.29) is 18.7 Å². The van der Waals surface area contributed by atoms with Crippen molar-refractivity contribution in [3.63, 3.8) is 0 Å². The average Bonchev–Trinajstić information content (AvgIpc) is 3.43. The zero-order valence-corrected chi connectivity index (χ0v) is 18.5. The third kappa shape index (κ3) is 5.86. The van der Waals surface area contributed by atoms with Gasteiger partial charge in [0.15, 0.2) is 6.61 Å². The fraction of sp³-hybridized carbons (Fsp3) is 0.250. The maximum atomic E-state index is 12.5. The number of hydrogen-bond donors (Lipinski definition) is 1. The minimum absolute atomic E-state index is 0.118. The fourth-order valence-corrected chi connectivity index (χ4v) is 4.36. The number of carbonyl (C=O) groups is 3. The summed E-state index contributed by atoms with van der Waals surface area (Å²) < 4.78 is 10.2. The van der Waals surface area contributed by atoms with E-state index in [1.807, 2.05) is 17.5 Å². The van der Waals surface area contributed by atoms with E-state index in [4.69, 9.17) is 9.47 Å². The van der Waals surface area contributed by atoms with Crippen LogP contribution in [0.4, 0.5) is 10.9 Å². The van der Waals surface area contributed by atoms with Crippen molar-refractivity contribution in [2.24, 2.45) is 0 Å². The van der Waals surface area contributed by atoms with Crippen molar-refractivity contribution in [1.82, 2.24) is 9.97 Å².